The smallest absolute Gasteiger partial charge is 0.337 e. The van der Waals surface area contributed by atoms with E-state index in [0.29, 0.717) is 22.5 Å². The summed E-state index contributed by atoms with van der Waals surface area (Å²) in [5.74, 6) is -0.983. The number of nitrogens with zero attached hydrogens (tertiary/aromatic N) is 2. The van der Waals surface area contributed by atoms with E-state index in [1.807, 2.05) is 56.3 Å². The molecule has 2 aromatic carbocycles. The first-order chi connectivity index (χ1) is 15.5. The van der Waals surface area contributed by atoms with Crippen LogP contribution in [0, 0.1) is 6.92 Å². The van der Waals surface area contributed by atoms with E-state index in [2.05, 4.69) is 10.3 Å². The van der Waals surface area contributed by atoms with Crippen LogP contribution in [-0.4, -0.2) is 21.0 Å². The number of aryl methyl sites for hydroxylation is 1. The molecule has 32 heavy (non-hydrogen) atoms. The molecule has 0 spiro atoms. The molecule has 0 saturated heterocycles. The third kappa shape index (κ3) is 3.36. The number of para-hydroxylation sites is 1. The monoisotopic (exact) mass is 423 g/mol. The molecule has 3 aromatic heterocycles. The van der Waals surface area contributed by atoms with E-state index < -0.39 is 5.97 Å². The maximum atomic E-state index is 11.6. The number of hydrogen-bond donors (Lipinski definition) is 2. The fourth-order valence-corrected chi connectivity index (χ4v) is 4.05. The quantitative estimate of drug-likeness (QED) is 0.349. The van der Waals surface area contributed by atoms with Crippen LogP contribution in [0.15, 0.2) is 77.3 Å². The Morgan fingerprint density at radius 2 is 1.78 bits per heavy atom. The summed E-state index contributed by atoms with van der Waals surface area (Å²) in [5, 5.41) is 13.7. The number of aromatic nitrogens is 2. The standard InChI is InChI=1S/C26H21N3O3/c1-15-14-20-23-24(18(12-13-27-23)17-8-4-3-5-9-17)32-25(20)22(28-15)16(2)29-21-11-7-6-10-19(21)26(30)31/h3-14,16,29H,1-2H3,(H,30,31)/t16-/m1/s1. The van der Waals surface area contributed by atoms with Crippen molar-refractivity contribution < 1.29 is 14.3 Å². The third-order valence-electron chi connectivity index (χ3n) is 5.52. The molecule has 0 aliphatic rings. The van der Waals surface area contributed by atoms with E-state index in [4.69, 9.17) is 9.40 Å². The Morgan fingerprint density at radius 3 is 2.56 bits per heavy atom. The van der Waals surface area contributed by atoms with Crippen molar-refractivity contribution in [2.75, 3.05) is 5.32 Å². The van der Waals surface area contributed by atoms with E-state index in [9.17, 15) is 9.90 Å². The molecule has 3 heterocycles. The average molecular weight is 423 g/mol. The van der Waals surface area contributed by atoms with Crippen LogP contribution in [0.1, 0.15) is 34.7 Å². The molecule has 0 amide bonds. The van der Waals surface area contributed by atoms with Crippen LogP contribution < -0.4 is 5.32 Å². The predicted molar refractivity (Wildman–Crippen MR) is 125 cm³/mol. The SMILES string of the molecule is Cc1cc2c(oc3c(-c4ccccc4)ccnc32)c([C@@H](C)Nc2ccccc2C(=O)O)n1. The van der Waals surface area contributed by atoms with E-state index in [0.717, 1.165) is 27.7 Å². The Labute approximate surface area is 184 Å². The van der Waals surface area contributed by atoms with Gasteiger partial charge < -0.3 is 14.8 Å². The minimum absolute atomic E-state index is 0.209. The summed E-state index contributed by atoms with van der Waals surface area (Å²) < 4.78 is 6.38. The number of rotatable bonds is 5. The van der Waals surface area contributed by atoms with Crippen LogP contribution in [0.4, 0.5) is 5.69 Å². The van der Waals surface area contributed by atoms with Gasteiger partial charge in [-0.2, -0.15) is 0 Å². The van der Waals surface area contributed by atoms with Crippen molar-refractivity contribution in [1.82, 2.24) is 9.97 Å². The predicted octanol–water partition coefficient (Wildman–Crippen LogP) is 6.22. The number of carbonyl (C=O) groups is 1. The zero-order valence-corrected chi connectivity index (χ0v) is 17.7. The van der Waals surface area contributed by atoms with Crippen molar-refractivity contribution >= 4 is 33.7 Å². The number of pyridine rings is 2. The van der Waals surface area contributed by atoms with Gasteiger partial charge in [0.15, 0.2) is 11.2 Å². The van der Waals surface area contributed by atoms with Crippen LogP contribution >= 0.6 is 0 Å². The summed E-state index contributed by atoms with van der Waals surface area (Å²) in [7, 11) is 0. The lowest BCUT2D eigenvalue weighted by atomic mass is 10.1. The van der Waals surface area contributed by atoms with Gasteiger partial charge in [-0.25, -0.2) is 4.79 Å². The summed E-state index contributed by atoms with van der Waals surface area (Å²) in [5.41, 5.74) is 6.43. The average Bonchev–Trinajstić information content (AvgIpc) is 3.18. The molecule has 0 bridgehead atoms. The molecule has 0 fully saturated rings. The molecular formula is C26H21N3O3. The second-order valence-corrected chi connectivity index (χ2v) is 7.75. The topological polar surface area (TPSA) is 88.2 Å². The number of hydrogen-bond acceptors (Lipinski definition) is 5. The number of nitrogens with one attached hydrogen (secondary N) is 1. The molecule has 0 aliphatic carbocycles. The normalized spacial score (nSPS) is 12.2. The van der Waals surface area contributed by atoms with Crippen molar-refractivity contribution in [3.8, 4) is 11.1 Å². The highest BCUT2D eigenvalue weighted by molar-refractivity contribution is 6.08. The molecule has 2 N–H and O–H groups in total. The Bertz CT molecular complexity index is 1460. The second kappa shape index (κ2) is 7.81. The van der Waals surface area contributed by atoms with Crippen molar-refractivity contribution in [1.29, 1.82) is 0 Å². The highest BCUT2D eigenvalue weighted by Crippen LogP contribution is 2.37. The van der Waals surface area contributed by atoms with Gasteiger partial charge in [-0.3, -0.25) is 9.97 Å². The van der Waals surface area contributed by atoms with Crippen molar-refractivity contribution in [2.45, 2.75) is 19.9 Å². The maximum Gasteiger partial charge on any atom is 0.337 e. The molecular weight excluding hydrogens is 402 g/mol. The molecule has 5 aromatic rings. The third-order valence-corrected chi connectivity index (χ3v) is 5.52. The first-order valence-electron chi connectivity index (χ1n) is 10.4. The summed E-state index contributed by atoms with van der Waals surface area (Å²) in [6.07, 6.45) is 1.79. The molecule has 0 saturated carbocycles. The van der Waals surface area contributed by atoms with E-state index in [1.54, 1.807) is 30.5 Å². The number of benzene rings is 2. The number of aromatic carboxylic acids is 1. The summed E-state index contributed by atoms with van der Waals surface area (Å²) >= 11 is 0. The van der Waals surface area contributed by atoms with Crippen LogP contribution in [0.2, 0.25) is 0 Å². The van der Waals surface area contributed by atoms with Gasteiger partial charge in [0.2, 0.25) is 0 Å². The largest absolute Gasteiger partial charge is 0.478 e. The minimum Gasteiger partial charge on any atom is -0.478 e. The highest BCUT2D eigenvalue weighted by atomic mass is 16.4. The molecule has 5 rings (SSSR count). The van der Waals surface area contributed by atoms with Crippen LogP contribution in [0.25, 0.3) is 33.2 Å². The first kappa shape index (κ1) is 19.8. The number of fused-ring (bicyclic) bond motifs is 3. The van der Waals surface area contributed by atoms with Gasteiger partial charge in [0.05, 0.1) is 17.0 Å². The van der Waals surface area contributed by atoms with E-state index in [1.165, 1.54) is 0 Å². The molecule has 0 aliphatic heterocycles. The van der Waals surface area contributed by atoms with Crippen LogP contribution in [0.5, 0.6) is 0 Å². The lowest BCUT2D eigenvalue weighted by Crippen LogP contribution is -2.12. The van der Waals surface area contributed by atoms with Gasteiger partial charge in [0, 0.05) is 23.1 Å². The fraction of sp³-hybridized carbons (Fsp3) is 0.115. The fourth-order valence-electron chi connectivity index (χ4n) is 4.05. The lowest BCUT2D eigenvalue weighted by Gasteiger charge is -2.17. The summed E-state index contributed by atoms with van der Waals surface area (Å²) in [6.45, 7) is 3.87. The van der Waals surface area contributed by atoms with Gasteiger partial charge >= 0.3 is 5.97 Å². The maximum absolute atomic E-state index is 11.6. The van der Waals surface area contributed by atoms with Crippen molar-refractivity contribution in [3.05, 3.63) is 89.9 Å². The van der Waals surface area contributed by atoms with Gasteiger partial charge in [-0.05, 0) is 43.7 Å². The number of anilines is 1. The van der Waals surface area contributed by atoms with Crippen LogP contribution in [0.3, 0.4) is 0 Å². The number of carboxylic acid groups (broad SMARTS) is 1. The molecule has 0 unspecified atom stereocenters. The Balaban J connectivity index is 1.67. The van der Waals surface area contributed by atoms with E-state index >= 15 is 0 Å². The Morgan fingerprint density at radius 1 is 1.03 bits per heavy atom. The summed E-state index contributed by atoms with van der Waals surface area (Å²) in [4.78, 5) is 21.0. The van der Waals surface area contributed by atoms with E-state index in [-0.39, 0.29) is 11.6 Å². The van der Waals surface area contributed by atoms with Gasteiger partial charge in [-0.15, -0.1) is 0 Å². The minimum atomic E-state index is -0.983. The molecule has 6 nitrogen and oxygen atoms in total. The van der Waals surface area contributed by atoms with Gasteiger partial charge in [0.25, 0.3) is 0 Å². The van der Waals surface area contributed by atoms with Crippen molar-refractivity contribution in [3.63, 3.8) is 0 Å². The summed E-state index contributed by atoms with van der Waals surface area (Å²) in [6, 6.07) is 20.5. The number of carboxylic acids is 1. The second-order valence-electron chi connectivity index (χ2n) is 7.75. The lowest BCUT2D eigenvalue weighted by molar-refractivity contribution is 0.0698. The zero-order valence-electron chi connectivity index (χ0n) is 17.7. The first-order valence-corrected chi connectivity index (χ1v) is 10.4. The van der Waals surface area contributed by atoms with Crippen LogP contribution in [-0.2, 0) is 0 Å². The van der Waals surface area contributed by atoms with Gasteiger partial charge in [0.1, 0.15) is 11.2 Å². The molecule has 0 radical (unpaired) electrons. The molecule has 6 heteroatoms. The Kier molecular flexibility index (Phi) is 4.82. The number of furan rings is 1. The Hall–Kier alpha value is -4.19. The molecule has 158 valence electrons. The zero-order chi connectivity index (χ0) is 22.2. The van der Waals surface area contributed by atoms with Gasteiger partial charge in [-0.1, -0.05) is 42.5 Å². The van der Waals surface area contributed by atoms with Crippen molar-refractivity contribution in [2.24, 2.45) is 0 Å². The molecule has 1 atom stereocenters. The highest BCUT2D eigenvalue weighted by Gasteiger charge is 2.21.